The van der Waals surface area contributed by atoms with Crippen molar-refractivity contribution in [2.24, 2.45) is 11.8 Å². The molecule has 3 aromatic carbocycles. The second-order valence-electron chi connectivity index (χ2n) is 8.48. The first-order valence-corrected chi connectivity index (χ1v) is 12.0. The first-order chi connectivity index (χ1) is 16.5. The van der Waals surface area contributed by atoms with Gasteiger partial charge in [0.05, 0.1) is 23.2 Å². The molecule has 0 saturated heterocycles. The highest BCUT2D eigenvalue weighted by Crippen LogP contribution is 2.35. The third-order valence-electron chi connectivity index (χ3n) is 6.40. The number of hydrogen-bond donors (Lipinski definition) is 2. The standard InChI is InChI=1S/C27H24N2O4S/c1-33-20-13-14-23-24(15-20)34-27(29-23)28-19-11-9-17(10-12-19)16-5-7-18(8-6-16)25(30)21-3-2-4-22(21)26(31)32/h5-15,21-22H,2-4H2,1H3,(H,28,29)(H,31,32)/t21-,22-/m0/s1. The SMILES string of the molecule is COc1ccc2nc(Nc3ccc(-c4ccc(C(=O)[C@H]5CCC[C@@H]5C(=O)O)cc4)cc3)sc2c1. The van der Waals surface area contributed by atoms with E-state index in [1.165, 1.54) is 0 Å². The maximum atomic E-state index is 12.8. The quantitative estimate of drug-likeness (QED) is 0.303. The molecule has 0 unspecified atom stereocenters. The summed E-state index contributed by atoms with van der Waals surface area (Å²) in [5.41, 5.74) is 4.46. The van der Waals surface area contributed by atoms with Gasteiger partial charge in [-0.05, 0) is 54.3 Å². The fraction of sp³-hybridized carbons (Fsp3) is 0.222. The Kier molecular flexibility index (Phi) is 6.02. The third kappa shape index (κ3) is 4.39. The summed E-state index contributed by atoms with van der Waals surface area (Å²) < 4.78 is 6.34. The molecule has 1 aromatic heterocycles. The predicted molar refractivity (Wildman–Crippen MR) is 134 cm³/mol. The van der Waals surface area contributed by atoms with Gasteiger partial charge in [0.1, 0.15) is 5.75 Å². The Morgan fingerprint density at radius 2 is 1.65 bits per heavy atom. The average molecular weight is 473 g/mol. The van der Waals surface area contributed by atoms with E-state index >= 15 is 0 Å². The van der Waals surface area contributed by atoms with E-state index in [9.17, 15) is 14.7 Å². The van der Waals surface area contributed by atoms with E-state index in [2.05, 4.69) is 10.3 Å². The predicted octanol–water partition coefficient (Wildman–Crippen LogP) is 6.40. The number of methoxy groups -OCH3 is 1. The fourth-order valence-corrected chi connectivity index (χ4v) is 5.48. The number of nitrogens with zero attached hydrogens (tertiary/aromatic N) is 1. The lowest BCUT2D eigenvalue weighted by atomic mass is 9.88. The van der Waals surface area contributed by atoms with Gasteiger partial charge in [0.2, 0.25) is 0 Å². The van der Waals surface area contributed by atoms with Gasteiger partial charge < -0.3 is 15.2 Å². The van der Waals surface area contributed by atoms with Crippen LogP contribution in [-0.4, -0.2) is 29.0 Å². The number of benzene rings is 3. The van der Waals surface area contributed by atoms with Gasteiger partial charge in [-0.3, -0.25) is 9.59 Å². The van der Waals surface area contributed by atoms with E-state index in [1.807, 2.05) is 54.6 Å². The number of fused-ring (bicyclic) bond motifs is 1. The van der Waals surface area contributed by atoms with E-state index < -0.39 is 17.8 Å². The van der Waals surface area contributed by atoms with E-state index in [0.717, 1.165) is 44.3 Å². The van der Waals surface area contributed by atoms with E-state index in [0.29, 0.717) is 18.4 Å². The van der Waals surface area contributed by atoms with Crippen molar-refractivity contribution in [2.45, 2.75) is 19.3 Å². The number of thiazole rings is 1. The Balaban J connectivity index is 1.28. The summed E-state index contributed by atoms with van der Waals surface area (Å²) >= 11 is 1.57. The molecule has 1 fully saturated rings. The van der Waals surface area contributed by atoms with Crippen molar-refractivity contribution in [1.29, 1.82) is 0 Å². The monoisotopic (exact) mass is 472 g/mol. The first-order valence-electron chi connectivity index (χ1n) is 11.2. The lowest BCUT2D eigenvalue weighted by Crippen LogP contribution is -2.25. The van der Waals surface area contributed by atoms with Crippen LogP contribution in [0.5, 0.6) is 5.75 Å². The molecule has 0 amide bonds. The van der Waals surface area contributed by atoms with Crippen molar-refractivity contribution < 1.29 is 19.4 Å². The molecule has 1 saturated carbocycles. The zero-order chi connectivity index (χ0) is 23.7. The van der Waals surface area contributed by atoms with Crippen LogP contribution < -0.4 is 10.1 Å². The second-order valence-corrected chi connectivity index (χ2v) is 9.51. The van der Waals surface area contributed by atoms with Crippen molar-refractivity contribution >= 4 is 44.1 Å². The van der Waals surface area contributed by atoms with Crippen molar-refractivity contribution in [1.82, 2.24) is 4.98 Å². The smallest absolute Gasteiger partial charge is 0.307 e. The van der Waals surface area contributed by atoms with Crippen LogP contribution in [0.2, 0.25) is 0 Å². The topological polar surface area (TPSA) is 88.5 Å². The normalized spacial score (nSPS) is 17.6. The molecule has 0 radical (unpaired) electrons. The van der Waals surface area contributed by atoms with Gasteiger partial charge in [-0.15, -0.1) is 0 Å². The van der Waals surface area contributed by atoms with Crippen LogP contribution in [-0.2, 0) is 4.79 Å². The molecule has 1 aliphatic rings. The highest BCUT2D eigenvalue weighted by Gasteiger charge is 2.37. The number of anilines is 2. The van der Waals surface area contributed by atoms with Gasteiger partial charge in [0, 0.05) is 17.2 Å². The lowest BCUT2D eigenvalue weighted by molar-refractivity contribution is -0.142. The van der Waals surface area contributed by atoms with Crippen molar-refractivity contribution in [3.8, 4) is 16.9 Å². The van der Waals surface area contributed by atoms with Crippen LogP contribution in [0.3, 0.4) is 0 Å². The minimum absolute atomic E-state index is 0.0653. The Bertz CT molecular complexity index is 1350. The number of rotatable bonds is 7. The zero-order valence-electron chi connectivity index (χ0n) is 18.7. The molecule has 34 heavy (non-hydrogen) atoms. The van der Waals surface area contributed by atoms with Crippen LogP contribution in [0.25, 0.3) is 21.3 Å². The molecule has 5 rings (SSSR count). The Labute approximate surface area is 201 Å². The Morgan fingerprint density at radius 3 is 2.32 bits per heavy atom. The van der Waals surface area contributed by atoms with Crippen LogP contribution in [0, 0.1) is 11.8 Å². The number of Topliss-reactive ketones (excluding diaryl/α,β-unsaturated/α-hetero) is 1. The fourth-order valence-electron chi connectivity index (χ4n) is 4.57. The summed E-state index contributed by atoms with van der Waals surface area (Å²) in [4.78, 5) is 28.9. The summed E-state index contributed by atoms with van der Waals surface area (Å²) in [5, 5.41) is 13.5. The van der Waals surface area contributed by atoms with Crippen LogP contribution in [0.15, 0.2) is 66.7 Å². The van der Waals surface area contributed by atoms with Gasteiger partial charge in [0.25, 0.3) is 0 Å². The van der Waals surface area contributed by atoms with Gasteiger partial charge in [-0.1, -0.05) is 54.2 Å². The number of carboxylic acid groups (broad SMARTS) is 1. The van der Waals surface area contributed by atoms with Gasteiger partial charge >= 0.3 is 5.97 Å². The summed E-state index contributed by atoms with van der Waals surface area (Å²) in [6.45, 7) is 0. The molecule has 0 spiro atoms. The Morgan fingerprint density at radius 1 is 0.971 bits per heavy atom. The number of aromatic nitrogens is 1. The number of hydrogen-bond acceptors (Lipinski definition) is 6. The molecular weight excluding hydrogens is 448 g/mol. The number of ether oxygens (including phenoxy) is 1. The molecule has 4 aromatic rings. The van der Waals surface area contributed by atoms with Crippen molar-refractivity contribution in [3.05, 3.63) is 72.3 Å². The summed E-state index contributed by atoms with van der Waals surface area (Å²) in [6.07, 6.45) is 2.01. The molecule has 172 valence electrons. The van der Waals surface area contributed by atoms with Gasteiger partial charge in [-0.25, -0.2) is 4.98 Å². The van der Waals surface area contributed by atoms with Gasteiger partial charge in [-0.2, -0.15) is 0 Å². The molecule has 0 aliphatic heterocycles. The molecule has 6 nitrogen and oxygen atoms in total. The van der Waals surface area contributed by atoms with E-state index in [4.69, 9.17) is 4.74 Å². The minimum Gasteiger partial charge on any atom is -0.497 e. The molecule has 1 heterocycles. The highest BCUT2D eigenvalue weighted by atomic mass is 32.1. The van der Waals surface area contributed by atoms with Crippen LogP contribution in [0.1, 0.15) is 29.6 Å². The van der Waals surface area contributed by atoms with Crippen molar-refractivity contribution in [2.75, 3.05) is 12.4 Å². The molecule has 7 heteroatoms. The maximum absolute atomic E-state index is 12.8. The number of carboxylic acids is 1. The number of carbonyl (C=O) groups excluding carboxylic acids is 1. The highest BCUT2D eigenvalue weighted by molar-refractivity contribution is 7.22. The Hall–Kier alpha value is -3.71. The number of aliphatic carboxylic acids is 1. The largest absolute Gasteiger partial charge is 0.497 e. The maximum Gasteiger partial charge on any atom is 0.307 e. The average Bonchev–Trinajstić information content (AvgIpc) is 3.51. The zero-order valence-corrected chi connectivity index (χ0v) is 19.5. The molecule has 1 aliphatic carbocycles. The third-order valence-corrected chi connectivity index (χ3v) is 7.34. The van der Waals surface area contributed by atoms with Crippen LogP contribution >= 0.6 is 11.3 Å². The van der Waals surface area contributed by atoms with Gasteiger partial charge in [0.15, 0.2) is 10.9 Å². The van der Waals surface area contributed by atoms with E-state index in [-0.39, 0.29) is 5.78 Å². The van der Waals surface area contributed by atoms with E-state index in [1.54, 1.807) is 30.6 Å². The number of ketones is 1. The summed E-state index contributed by atoms with van der Waals surface area (Å²) in [6, 6.07) is 21.3. The summed E-state index contributed by atoms with van der Waals surface area (Å²) in [7, 11) is 1.65. The lowest BCUT2D eigenvalue weighted by Gasteiger charge is -2.14. The van der Waals surface area contributed by atoms with Crippen LogP contribution in [0.4, 0.5) is 10.8 Å². The second kappa shape index (κ2) is 9.27. The van der Waals surface area contributed by atoms with Crippen molar-refractivity contribution in [3.63, 3.8) is 0 Å². The molecule has 2 N–H and O–H groups in total. The number of carbonyl (C=O) groups is 2. The number of nitrogens with one attached hydrogen (secondary N) is 1. The summed E-state index contributed by atoms with van der Waals surface area (Å²) in [5.74, 6) is -1.11. The molecule has 0 bridgehead atoms. The first kappa shape index (κ1) is 22.1. The minimum atomic E-state index is -0.869. The molecule has 2 atom stereocenters. The molecular formula is C27H24N2O4S.